The lowest BCUT2D eigenvalue weighted by atomic mass is 10.2. The number of nitrogens with zero attached hydrogens (tertiary/aromatic N) is 2. The van der Waals surface area contributed by atoms with Crippen molar-refractivity contribution in [2.75, 3.05) is 7.05 Å². The molecule has 0 atom stereocenters. The molecule has 0 aliphatic carbocycles. The third kappa shape index (κ3) is 2.87. The SMILES string of the molecule is Cc1noc(C)c1S(=O)(=O)N(C)Cc1cccc(Cl)c1. The summed E-state index contributed by atoms with van der Waals surface area (Å²) in [5.41, 5.74) is 1.18. The largest absolute Gasteiger partial charge is 0.360 e. The lowest BCUT2D eigenvalue weighted by molar-refractivity contribution is 0.389. The van der Waals surface area contributed by atoms with Crippen LogP contribution in [0.4, 0.5) is 0 Å². The van der Waals surface area contributed by atoms with Crippen molar-refractivity contribution in [3.05, 3.63) is 46.3 Å². The molecule has 0 spiro atoms. The van der Waals surface area contributed by atoms with Crippen LogP contribution in [0.3, 0.4) is 0 Å². The van der Waals surface area contributed by atoms with Gasteiger partial charge in [-0.3, -0.25) is 0 Å². The Balaban J connectivity index is 2.31. The van der Waals surface area contributed by atoms with Crippen molar-refractivity contribution >= 4 is 21.6 Å². The maximum Gasteiger partial charge on any atom is 0.248 e. The molecule has 0 N–H and O–H groups in total. The van der Waals surface area contributed by atoms with Crippen LogP contribution < -0.4 is 0 Å². The number of benzene rings is 1. The Labute approximate surface area is 123 Å². The molecule has 108 valence electrons. The molecule has 0 saturated heterocycles. The first kappa shape index (κ1) is 15.0. The Hall–Kier alpha value is -1.37. The van der Waals surface area contributed by atoms with E-state index in [0.29, 0.717) is 16.5 Å². The predicted octanol–water partition coefficient (Wildman–Crippen LogP) is 2.77. The minimum absolute atomic E-state index is 0.127. The van der Waals surface area contributed by atoms with Gasteiger partial charge in [0.1, 0.15) is 10.6 Å². The van der Waals surface area contributed by atoms with Gasteiger partial charge in [-0.1, -0.05) is 28.9 Å². The topological polar surface area (TPSA) is 63.4 Å². The molecule has 0 amide bonds. The van der Waals surface area contributed by atoms with Crippen molar-refractivity contribution < 1.29 is 12.9 Å². The molecule has 0 unspecified atom stereocenters. The molecular formula is C13H15ClN2O3S. The minimum Gasteiger partial charge on any atom is -0.360 e. The summed E-state index contributed by atoms with van der Waals surface area (Å²) in [6.45, 7) is 3.42. The maximum absolute atomic E-state index is 12.5. The summed E-state index contributed by atoms with van der Waals surface area (Å²) in [5, 5.41) is 4.26. The van der Waals surface area contributed by atoms with Gasteiger partial charge < -0.3 is 4.52 Å². The lowest BCUT2D eigenvalue weighted by Crippen LogP contribution is -2.27. The van der Waals surface area contributed by atoms with E-state index in [0.717, 1.165) is 5.56 Å². The molecule has 20 heavy (non-hydrogen) atoms. The average Bonchev–Trinajstić information content (AvgIpc) is 2.69. The van der Waals surface area contributed by atoms with Gasteiger partial charge in [-0.2, -0.15) is 4.31 Å². The highest BCUT2D eigenvalue weighted by atomic mass is 35.5. The van der Waals surface area contributed by atoms with Gasteiger partial charge in [0.2, 0.25) is 10.0 Å². The van der Waals surface area contributed by atoms with Crippen LogP contribution >= 0.6 is 11.6 Å². The Bertz CT molecular complexity index is 705. The van der Waals surface area contributed by atoms with Gasteiger partial charge in [0, 0.05) is 18.6 Å². The van der Waals surface area contributed by atoms with Gasteiger partial charge in [-0.15, -0.1) is 0 Å². The third-order valence-corrected chi connectivity index (χ3v) is 5.21. The van der Waals surface area contributed by atoms with Crippen LogP contribution in [0.1, 0.15) is 17.0 Å². The fourth-order valence-electron chi connectivity index (χ4n) is 1.98. The Morgan fingerprint density at radius 3 is 2.60 bits per heavy atom. The van der Waals surface area contributed by atoms with Crippen LogP contribution in [0.25, 0.3) is 0 Å². The smallest absolute Gasteiger partial charge is 0.248 e. The zero-order chi connectivity index (χ0) is 14.9. The van der Waals surface area contributed by atoms with Crippen LogP contribution in [-0.2, 0) is 16.6 Å². The first-order valence-electron chi connectivity index (χ1n) is 5.96. The first-order chi connectivity index (χ1) is 9.32. The molecule has 2 aromatic rings. The summed E-state index contributed by atoms with van der Waals surface area (Å²) in [4.78, 5) is 0.127. The Kier molecular flexibility index (Phi) is 4.17. The molecule has 1 heterocycles. The van der Waals surface area contributed by atoms with E-state index < -0.39 is 10.0 Å². The van der Waals surface area contributed by atoms with E-state index in [-0.39, 0.29) is 11.4 Å². The van der Waals surface area contributed by atoms with Crippen LogP contribution in [0.15, 0.2) is 33.7 Å². The molecule has 2 rings (SSSR count). The Morgan fingerprint density at radius 1 is 1.35 bits per heavy atom. The quantitative estimate of drug-likeness (QED) is 0.870. The number of sulfonamides is 1. The average molecular weight is 315 g/mol. The van der Waals surface area contributed by atoms with Crippen molar-refractivity contribution in [2.45, 2.75) is 25.3 Å². The van der Waals surface area contributed by atoms with E-state index in [4.69, 9.17) is 16.1 Å². The maximum atomic E-state index is 12.5. The van der Waals surface area contributed by atoms with E-state index >= 15 is 0 Å². The molecule has 0 aliphatic rings. The van der Waals surface area contributed by atoms with Crippen LogP contribution in [0, 0.1) is 13.8 Å². The third-order valence-electron chi connectivity index (χ3n) is 2.93. The summed E-state index contributed by atoms with van der Waals surface area (Å²) >= 11 is 5.90. The van der Waals surface area contributed by atoms with Crippen molar-refractivity contribution in [1.29, 1.82) is 0 Å². The predicted molar refractivity (Wildman–Crippen MR) is 76.1 cm³/mol. The second-order valence-corrected chi connectivity index (χ2v) is 6.96. The van der Waals surface area contributed by atoms with Crippen LogP contribution in [0.5, 0.6) is 0 Å². The molecule has 5 nitrogen and oxygen atoms in total. The summed E-state index contributed by atoms with van der Waals surface area (Å²) < 4.78 is 31.2. The lowest BCUT2D eigenvalue weighted by Gasteiger charge is -2.17. The highest BCUT2D eigenvalue weighted by Crippen LogP contribution is 2.24. The van der Waals surface area contributed by atoms with Gasteiger partial charge in [-0.05, 0) is 31.5 Å². The van der Waals surface area contributed by atoms with Gasteiger partial charge >= 0.3 is 0 Å². The second kappa shape index (κ2) is 5.55. The standard InChI is InChI=1S/C13H15ClN2O3S/c1-9-13(10(2)19-15-9)20(17,18)16(3)8-11-5-4-6-12(14)7-11/h4-7H,8H2,1-3H3. The molecule has 0 saturated carbocycles. The van der Waals surface area contributed by atoms with Gasteiger partial charge in [0.25, 0.3) is 0 Å². The molecule has 0 radical (unpaired) electrons. The number of aryl methyl sites for hydroxylation is 2. The van der Waals surface area contributed by atoms with E-state index in [2.05, 4.69) is 5.16 Å². The highest BCUT2D eigenvalue weighted by Gasteiger charge is 2.28. The summed E-state index contributed by atoms with van der Waals surface area (Å²) in [6, 6.07) is 7.09. The fraction of sp³-hybridized carbons (Fsp3) is 0.308. The molecule has 0 fully saturated rings. The molecular weight excluding hydrogens is 300 g/mol. The van der Waals surface area contributed by atoms with Gasteiger partial charge in [0.15, 0.2) is 5.76 Å². The molecule has 0 aliphatic heterocycles. The normalized spacial score (nSPS) is 12.1. The van der Waals surface area contributed by atoms with E-state index in [9.17, 15) is 8.42 Å². The second-order valence-electron chi connectivity index (χ2n) is 4.54. The first-order valence-corrected chi connectivity index (χ1v) is 7.78. The number of hydrogen-bond donors (Lipinski definition) is 0. The van der Waals surface area contributed by atoms with Gasteiger partial charge in [0.05, 0.1) is 0 Å². The summed E-state index contributed by atoms with van der Waals surface area (Å²) in [5.74, 6) is 0.292. The minimum atomic E-state index is -3.63. The summed E-state index contributed by atoms with van der Waals surface area (Å²) in [6.07, 6.45) is 0. The zero-order valence-electron chi connectivity index (χ0n) is 11.4. The number of rotatable bonds is 4. The number of hydrogen-bond acceptors (Lipinski definition) is 4. The van der Waals surface area contributed by atoms with E-state index in [1.54, 1.807) is 32.0 Å². The van der Waals surface area contributed by atoms with Crippen molar-refractivity contribution in [3.8, 4) is 0 Å². The monoisotopic (exact) mass is 314 g/mol. The van der Waals surface area contributed by atoms with Gasteiger partial charge in [-0.25, -0.2) is 8.42 Å². The van der Waals surface area contributed by atoms with Crippen LogP contribution in [0.2, 0.25) is 5.02 Å². The number of halogens is 1. The van der Waals surface area contributed by atoms with E-state index in [1.807, 2.05) is 6.07 Å². The zero-order valence-corrected chi connectivity index (χ0v) is 13.0. The van der Waals surface area contributed by atoms with E-state index in [1.165, 1.54) is 11.4 Å². The summed E-state index contributed by atoms with van der Waals surface area (Å²) in [7, 11) is -2.12. The Morgan fingerprint density at radius 2 is 2.05 bits per heavy atom. The van der Waals surface area contributed by atoms with Crippen LogP contribution in [-0.4, -0.2) is 24.9 Å². The molecule has 0 bridgehead atoms. The number of aromatic nitrogens is 1. The van der Waals surface area contributed by atoms with Crippen molar-refractivity contribution in [1.82, 2.24) is 9.46 Å². The molecule has 7 heteroatoms. The molecule has 1 aromatic carbocycles. The fourth-order valence-corrected chi connectivity index (χ4v) is 3.63. The van der Waals surface area contributed by atoms with Crippen molar-refractivity contribution in [3.63, 3.8) is 0 Å². The molecule has 1 aromatic heterocycles. The van der Waals surface area contributed by atoms with Crippen molar-refractivity contribution in [2.24, 2.45) is 0 Å². The highest BCUT2D eigenvalue weighted by molar-refractivity contribution is 7.89.